The van der Waals surface area contributed by atoms with Gasteiger partial charge < -0.3 is 18.6 Å². The van der Waals surface area contributed by atoms with Crippen LogP contribution in [0.15, 0.2) is 60.7 Å². The smallest absolute Gasteiger partial charge is 0.399 e. The topological polar surface area (TPSA) is 62.7 Å². The standard InChI is InChI=1S/C32H34B2F2N2O4/c1-29(2)30(3,4)40-33(39-29)23-17-18-24(34-41-31(5,6)32(7,8)42-34)28-27(23)37-25(19-9-13-21(35)14-10-19)26(38-28)20-11-15-22(36)16-12-20/h9-18H,1-8H3. The third kappa shape index (κ3) is 4.74. The zero-order chi connectivity index (χ0) is 30.2. The summed E-state index contributed by atoms with van der Waals surface area (Å²) in [4.78, 5) is 10.3. The average Bonchev–Trinajstić information content (AvgIpc) is 3.27. The third-order valence-electron chi connectivity index (χ3n) is 9.13. The lowest BCUT2D eigenvalue weighted by atomic mass is 9.72. The van der Waals surface area contributed by atoms with Crippen LogP contribution in [-0.2, 0) is 18.6 Å². The highest BCUT2D eigenvalue weighted by Crippen LogP contribution is 2.39. The molecule has 2 aliphatic heterocycles. The van der Waals surface area contributed by atoms with Gasteiger partial charge in [0.15, 0.2) is 0 Å². The first-order valence-electron chi connectivity index (χ1n) is 14.2. The summed E-state index contributed by atoms with van der Waals surface area (Å²) in [6, 6.07) is 16.0. The van der Waals surface area contributed by atoms with E-state index >= 15 is 0 Å². The summed E-state index contributed by atoms with van der Waals surface area (Å²) in [6.07, 6.45) is 0. The molecule has 42 heavy (non-hydrogen) atoms. The molecule has 3 heterocycles. The molecule has 2 saturated heterocycles. The van der Waals surface area contributed by atoms with Crippen LogP contribution in [0, 0.1) is 11.6 Å². The van der Waals surface area contributed by atoms with Gasteiger partial charge in [-0.05, 0) is 104 Å². The van der Waals surface area contributed by atoms with Gasteiger partial charge >= 0.3 is 14.2 Å². The van der Waals surface area contributed by atoms with Crippen LogP contribution in [-0.4, -0.2) is 46.6 Å². The highest BCUT2D eigenvalue weighted by Gasteiger charge is 2.54. The molecular weight excluding hydrogens is 536 g/mol. The second-order valence-corrected chi connectivity index (χ2v) is 13.1. The van der Waals surface area contributed by atoms with Gasteiger partial charge in [-0.3, -0.25) is 0 Å². The number of benzene rings is 3. The first-order chi connectivity index (χ1) is 19.6. The molecule has 0 aliphatic carbocycles. The predicted molar refractivity (Wildman–Crippen MR) is 162 cm³/mol. The van der Waals surface area contributed by atoms with Gasteiger partial charge in [-0.1, -0.05) is 12.1 Å². The van der Waals surface area contributed by atoms with E-state index in [0.29, 0.717) is 44.5 Å². The zero-order valence-electron chi connectivity index (χ0n) is 25.2. The molecule has 0 radical (unpaired) electrons. The van der Waals surface area contributed by atoms with E-state index in [1.165, 1.54) is 24.3 Å². The number of aromatic nitrogens is 2. The number of hydrogen-bond acceptors (Lipinski definition) is 6. The molecule has 6 rings (SSSR count). The molecular formula is C32H34B2F2N2O4. The van der Waals surface area contributed by atoms with Crippen molar-refractivity contribution in [2.75, 3.05) is 0 Å². The van der Waals surface area contributed by atoms with Crippen LogP contribution in [0.4, 0.5) is 8.78 Å². The minimum Gasteiger partial charge on any atom is -0.399 e. The molecule has 0 bridgehead atoms. The Morgan fingerprint density at radius 3 is 1.05 bits per heavy atom. The van der Waals surface area contributed by atoms with Crippen molar-refractivity contribution in [3.8, 4) is 22.5 Å². The Bertz CT molecular complexity index is 1520. The van der Waals surface area contributed by atoms with E-state index in [1.54, 1.807) is 24.3 Å². The normalized spacial score (nSPS) is 20.4. The van der Waals surface area contributed by atoms with Gasteiger partial charge in [0.2, 0.25) is 0 Å². The van der Waals surface area contributed by atoms with Crippen molar-refractivity contribution in [3.63, 3.8) is 0 Å². The minimum absolute atomic E-state index is 0.364. The number of fused-ring (bicyclic) bond motifs is 1. The molecule has 0 atom stereocenters. The first-order valence-corrected chi connectivity index (χ1v) is 14.2. The van der Waals surface area contributed by atoms with Crippen molar-refractivity contribution in [2.24, 2.45) is 0 Å². The molecule has 6 nitrogen and oxygen atoms in total. The highest BCUT2D eigenvalue weighted by molar-refractivity contribution is 6.68. The van der Waals surface area contributed by atoms with E-state index in [1.807, 2.05) is 67.5 Å². The van der Waals surface area contributed by atoms with Crippen molar-refractivity contribution >= 4 is 36.2 Å². The fourth-order valence-electron chi connectivity index (χ4n) is 5.11. The molecule has 2 aliphatic rings. The maximum atomic E-state index is 13.9. The van der Waals surface area contributed by atoms with E-state index in [-0.39, 0.29) is 11.6 Å². The van der Waals surface area contributed by atoms with Gasteiger partial charge in [0, 0.05) is 22.1 Å². The largest absolute Gasteiger partial charge is 0.497 e. The summed E-state index contributed by atoms with van der Waals surface area (Å²) in [5.41, 5.74) is 2.54. The van der Waals surface area contributed by atoms with E-state index in [4.69, 9.17) is 28.6 Å². The Morgan fingerprint density at radius 1 is 0.476 bits per heavy atom. The molecule has 0 amide bonds. The van der Waals surface area contributed by atoms with Gasteiger partial charge in [-0.15, -0.1) is 0 Å². The third-order valence-corrected chi connectivity index (χ3v) is 9.13. The molecule has 0 unspecified atom stereocenters. The fourth-order valence-corrected chi connectivity index (χ4v) is 5.11. The Hall–Kier alpha value is -3.17. The summed E-state index contributed by atoms with van der Waals surface area (Å²) in [5, 5.41) is 0. The molecule has 10 heteroatoms. The van der Waals surface area contributed by atoms with Gasteiger partial charge in [0.1, 0.15) is 11.6 Å². The molecule has 3 aromatic carbocycles. The second kappa shape index (κ2) is 9.67. The zero-order valence-corrected chi connectivity index (χ0v) is 25.2. The molecule has 4 aromatic rings. The number of rotatable bonds is 4. The molecule has 216 valence electrons. The second-order valence-electron chi connectivity index (χ2n) is 13.1. The van der Waals surface area contributed by atoms with Crippen molar-refractivity contribution in [2.45, 2.75) is 77.8 Å². The SMILES string of the molecule is CC1(C)OB(c2ccc(B3OC(C)(C)C(C)(C)O3)c3nc(-c4ccc(F)cc4)c(-c4ccc(F)cc4)nc23)OC1(C)C. The highest BCUT2D eigenvalue weighted by atomic mass is 19.1. The van der Waals surface area contributed by atoms with Gasteiger partial charge in [0.05, 0.1) is 44.8 Å². The van der Waals surface area contributed by atoms with E-state index < -0.39 is 36.6 Å². The summed E-state index contributed by atoms with van der Waals surface area (Å²) >= 11 is 0. The number of halogens is 2. The first kappa shape index (κ1) is 28.9. The van der Waals surface area contributed by atoms with Gasteiger partial charge in [-0.2, -0.15) is 0 Å². The van der Waals surface area contributed by atoms with E-state index in [2.05, 4.69) is 0 Å². The fraction of sp³-hybridized carbons (Fsp3) is 0.375. The van der Waals surface area contributed by atoms with Crippen LogP contribution in [0.2, 0.25) is 0 Å². The van der Waals surface area contributed by atoms with Crippen LogP contribution in [0.3, 0.4) is 0 Å². The summed E-state index contributed by atoms with van der Waals surface area (Å²) in [5.74, 6) is -0.728. The number of hydrogen-bond donors (Lipinski definition) is 0. The summed E-state index contributed by atoms with van der Waals surface area (Å²) in [7, 11) is -1.42. The van der Waals surface area contributed by atoms with Gasteiger partial charge in [-0.25, -0.2) is 18.7 Å². The van der Waals surface area contributed by atoms with Crippen LogP contribution < -0.4 is 10.9 Å². The molecule has 0 N–H and O–H groups in total. The van der Waals surface area contributed by atoms with E-state index in [0.717, 1.165) is 0 Å². The monoisotopic (exact) mass is 570 g/mol. The molecule has 1 aromatic heterocycles. The molecule has 0 saturated carbocycles. The van der Waals surface area contributed by atoms with Crippen LogP contribution >= 0.6 is 0 Å². The van der Waals surface area contributed by atoms with Crippen LogP contribution in [0.1, 0.15) is 55.4 Å². The lowest BCUT2D eigenvalue weighted by molar-refractivity contribution is 0.00578. The maximum absolute atomic E-state index is 13.9. The maximum Gasteiger partial charge on any atom is 0.497 e. The van der Waals surface area contributed by atoms with Crippen LogP contribution in [0.5, 0.6) is 0 Å². The van der Waals surface area contributed by atoms with Crippen molar-refractivity contribution in [1.82, 2.24) is 9.97 Å². The Labute approximate surface area is 246 Å². The number of nitrogens with zero attached hydrogens (tertiary/aromatic N) is 2. The lowest BCUT2D eigenvalue weighted by Gasteiger charge is -2.32. The van der Waals surface area contributed by atoms with Crippen molar-refractivity contribution in [3.05, 3.63) is 72.3 Å². The Balaban J connectivity index is 1.63. The predicted octanol–water partition coefficient (Wildman–Crippen LogP) is 5.84. The summed E-state index contributed by atoms with van der Waals surface area (Å²) in [6.45, 7) is 16.0. The minimum atomic E-state index is -0.711. The molecule has 0 spiro atoms. The lowest BCUT2D eigenvalue weighted by Crippen LogP contribution is -2.41. The quantitative estimate of drug-likeness (QED) is 0.288. The molecule has 2 fully saturated rings. The average molecular weight is 570 g/mol. The van der Waals surface area contributed by atoms with Crippen molar-refractivity contribution < 1.29 is 27.4 Å². The Kier molecular flexibility index (Phi) is 6.66. The van der Waals surface area contributed by atoms with Crippen molar-refractivity contribution in [1.29, 1.82) is 0 Å². The Morgan fingerprint density at radius 2 is 0.762 bits per heavy atom. The van der Waals surface area contributed by atoms with Crippen LogP contribution in [0.25, 0.3) is 33.5 Å². The van der Waals surface area contributed by atoms with E-state index in [9.17, 15) is 8.78 Å². The van der Waals surface area contributed by atoms with Gasteiger partial charge in [0.25, 0.3) is 0 Å². The summed E-state index contributed by atoms with van der Waals surface area (Å²) < 4.78 is 53.6.